The summed E-state index contributed by atoms with van der Waals surface area (Å²) in [4.78, 5) is 7.51. The Morgan fingerprint density at radius 3 is 1.48 bits per heavy atom. The Morgan fingerprint density at radius 2 is 1.05 bits per heavy atom. The van der Waals surface area contributed by atoms with Crippen LogP contribution in [-0.4, -0.2) is 14.1 Å². The Morgan fingerprint density at radius 1 is 0.571 bits per heavy atom. The molecule has 0 heterocycles. The smallest absolute Gasteiger partial charge is 0.140 e. The number of rotatable bonds is 14. The van der Waals surface area contributed by atoms with Gasteiger partial charge < -0.3 is 0 Å². The molecule has 0 amide bonds. The summed E-state index contributed by atoms with van der Waals surface area (Å²) in [6.07, 6.45) is 21.9. The summed E-state index contributed by atoms with van der Waals surface area (Å²) in [7, 11) is 0. The zero-order chi connectivity index (χ0) is 15.6. The first-order valence-electron chi connectivity index (χ1n) is 9.35. The molecule has 1 heteroatoms. The van der Waals surface area contributed by atoms with Gasteiger partial charge in [0, 0.05) is 0 Å². The van der Waals surface area contributed by atoms with Crippen molar-refractivity contribution < 1.29 is 0 Å². The Hall–Kier alpha value is -0.248. The monoisotopic (exact) mass is 304 g/mol. The average Bonchev–Trinajstić information content (AvgIpc) is 2.50. The van der Waals surface area contributed by atoms with Gasteiger partial charge in [-0.3, -0.25) is 0 Å². The number of hydrogen-bond acceptors (Lipinski definition) is 0. The van der Waals surface area contributed by atoms with Gasteiger partial charge >= 0.3 is 14.1 Å². The molecule has 0 rings (SSSR count). The second kappa shape index (κ2) is 17.8. The van der Waals surface area contributed by atoms with Crippen LogP contribution in [0.2, 0.25) is 0 Å². The van der Waals surface area contributed by atoms with Gasteiger partial charge in [0.05, 0.1) is 0 Å². The molecule has 0 unspecified atom stereocenters. The third kappa shape index (κ3) is 16.0. The minimum absolute atomic E-state index is 0.911. The van der Waals surface area contributed by atoms with E-state index in [2.05, 4.69) is 53.8 Å². The predicted molar refractivity (Wildman–Crippen MR) is 101 cm³/mol. The zero-order valence-corrected chi connectivity index (χ0v) is 16.0. The quantitative estimate of drug-likeness (QED) is 0.237. The molecule has 21 heavy (non-hydrogen) atoms. The molecule has 0 bridgehead atoms. The standard InChI is InChI=1S/2C8H15.C4H7.Al/c2*1-3-5-7-8-6-4-2;1-3-4-2;/h2*1,3H,4-8H2,2H3;1,3H,4H2,2H3;. The number of unbranched alkanes of at least 4 members (excludes halogenated alkanes) is 8. The van der Waals surface area contributed by atoms with Crippen LogP contribution in [-0.2, 0) is 0 Å². The molecular weight excluding hydrogens is 267 g/mol. The molecule has 0 aromatic heterocycles. The fraction of sp³-hybridized carbons (Fsp3) is 0.700. The molecule has 0 saturated heterocycles. The first kappa shape index (κ1) is 20.8. The van der Waals surface area contributed by atoms with E-state index < -0.39 is 14.1 Å². The molecule has 120 valence electrons. The Bertz CT molecular complexity index is 254. The van der Waals surface area contributed by atoms with E-state index >= 15 is 0 Å². The summed E-state index contributed by atoms with van der Waals surface area (Å²) in [6, 6.07) is 0. The lowest BCUT2D eigenvalue weighted by Gasteiger charge is -1.98. The summed E-state index contributed by atoms with van der Waals surface area (Å²) >= 11 is -0.911. The van der Waals surface area contributed by atoms with Crippen LogP contribution in [0.1, 0.15) is 91.4 Å². The minimum atomic E-state index is -0.911. The third-order valence-corrected chi connectivity index (χ3v) is 5.91. The van der Waals surface area contributed by atoms with E-state index in [0.717, 1.165) is 6.42 Å². The highest BCUT2D eigenvalue weighted by molar-refractivity contribution is 6.74. The lowest BCUT2D eigenvalue weighted by Crippen LogP contribution is -2.01. The summed E-state index contributed by atoms with van der Waals surface area (Å²) in [5, 5.41) is 0. The molecule has 0 saturated carbocycles. The topological polar surface area (TPSA) is 0 Å². The van der Waals surface area contributed by atoms with E-state index in [-0.39, 0.29) is 0 Å². The summed E-state index contributed by atoms with van der Waals surface area (Å²) < 4.78 is 0. The first-order valence-corrected chi connectivity index (χ1v) is 11.3. The van der Waals surface area contributed by atoms with Gasteiger partial charge in [0.25, 0.3) is 0 Å². The summed E-state index contributed by atoms with van der Waals surface area (Å²) in [5.74, 6) is 0. The van der Waals surface area contributed by atoms with Crippen LogP contribution >= 0.6 is 0 Å². The highest BCUT2D eigenvalue weighted by Gasteiger charge is 2.03. The molecular formula is C20H37Al. The number of hydrogen-bond donors (Lipinski definition) is 0. The molecule has 0 aliphatic carbocycles. The van der Waals surface area contributed by atoms with Gasteiger partial charge in [-0.15, -0.1) is 33.0 Å². The summed E-state index contributed by atoms with van der Waals surface area (Å²) in [6.45, 7) is 6.78. The maximum Gasteiger partial charge on any atom is 0.358 e. The van der Waals surface area contributed by atoms with Crippen LogP contribution in [0.15, 0.2) is 33.0 Å². The maximum atomic E-state index is 2.51. The van der Waals surface area contributed by atoms with Crippen molar-refractivity contribution in [2.24, 2.45) is 0 Å². The zero-order valence-electron chi connectivity index (χ0n) is 14.8. The molecule has 0 fully saturated rings. The van der Waals surface area contributed by atoms with Crippen molar-refractivity contribution in [3.63, 3.8) is 0 Å². The molecule has 0 radical (unpaired) electrons. The average molecular weight is 304 g/mol. The van der Waals surface area contributed by atoms with Crippen molar-refractivity contribution >= 4 is 14.1 Å². The van der Waals surface area contributed by atoms with Crippen LogP contribution in [0.25, 0.3) is 0 Å². The van der Waals surface area contributed by atoms with Gasteiger partial charge in [-0.05, 0) is 32.1 Å². The SMILES string of the molecule is CCC=[CH][Al]([CH]=CCCCCCC)[CH]=CCCCCCC. The van der Waals surface area contributed by atoms with E-state index in [1.165, 1.54) is 64.2 Å². The Labute approximate surface area is 138 Å². The second-order valence-electron chi connectivity index (χ2n) is 5.97. The molecule has 0 spiro atoms. The van der Waals surface area contributed by atoms with Crippen molar-refractivity contribution in [3.05, 3.63) is 33.0 Å². The van der Waals surface area contributed by atoms with Gasteiger partial charge in [-0.1, -0.05) is 59.3 Å². The van der Waals surface area contributed by atoms with Crippen molar-refractivity contribution in [1.29, 1.82) is 0 Å². The van der Waals surface area contributed by atoms with Crippen molar-refractivity contribution in [2.75, 3.05) is 0 Å². The van der Waals surface area contributed by atoms with E-state index in [0.29, 0.717) is 0 Å². The van der Waals surface area contributed by atoms with Crippen LogP contribution in [0.4, 0.5) is 0 Å². The van der Waals surface area contributed by atoms with Crippen LogP contribution in [0, 0.1) is 0 Å². The molecule has 0 N–H and O–H groups in total. The van der Waals surface area contributed by atoms with Gasteiger partial charge in [0.1, 0.15) is 0 Å². The maximum absolute atomic E-state index is 2.51. The van der Waals surface area contributed by atoms with Crippen LogP contribution < -0.4 is 0 Å². The normalized spacial score (nSPS) is 12.1. The van der Waals surface area contributed by atoms with E-state index in [1.54, 1.807) is 0 Å². The molecule has 0 aromatic carbocycles. The first-order chi connectivity index (χ1) is 10.3. The van der Waals surface area contributed by atoms with Gasteiger partial charge in [0.15, 0.2) is 0 Å². The molecule has 0 atom stereocenters. The highest BCUT2D eigenvalue weighted by atomic mass is 27.2. The van der Waals surface area contributed by atoms with Crippen molar-refractivity contribution in [2.45, 2.75) is 91.4 Å². The highest BCUT2D eigenvalue weighted by Crippen LogP contribution is 2.06. The van der Waals surface area contributed by atoms with Crippen molar-refractivity contribution in [1.82, 2.24) is 0 Å². The Kier molecular flexibility index (Phi) is 17.6. The second-order valence-corrected chi connectivity index (χ2v) is 8.28. The predicted octanol–water partition coefficient (Wildman–Crippen LogP) is 7.12. The third-order valence-electron chi connectivity index (χ3n) is 3.76. The van der Waals surface area contributed by atoms with Gasteiger partial charge in [-0.25, -0.2) is 0 Å². The van der Waals surface area contributed by atoms with Gasteiger partial charge in [-0.2, -0.15) is 0 Å². The molecule has 0 aromatic rings. The fourth-order valence-electron chi connectivity index (χ4n) is 2.37. The van der Waals surface area contributed by atoms with E-state index in [9.17, 15) is 0 Å². The minimum Gasteiger partial charge on any atom is -0.140 e. The van der Waals surface area contributed by atoms with E-state index in [1.807, 2.05) is 0 Å². The summed E-state index contributed by atoms with van der Waals surface area (Å²) in [5.41, 5.74) is 0. The largest absolute Gasteiger partial charge is 0.358 e. The lowest BCUT2D eigenvalue weighted by molar-refractivity contribution is 0.674. The fourth-order valence-corrected chi connectivity index (χ4v) is 4.36. The number of allylic oxidation sites excluding steroid dienone is 3. The van der Waals surface area contributed by atoms with Crippen LogP contribution in [0.5, 0.6) is 0 Å². The lowest BCUT2D eigenvalue weighted by atomic mass is 10.2. The van der Waals surface area contributed by atoms with Crippen LogP contribution in [0.3, 0.4) is 0 Å². The van der Waals surface area contributed by atoms with E-state index in [4.69, 9.17) is 0 Å². The van der Waals surface area contributed by atoms with Crippen molar-refractivity contribution in [3.8, 4) is 0 Å². The Balaban J connectivity index is 3.98. The molecule has 0 nitrogen and oxygen atoms in total. The molecule has 0 aliphatic rings. The van der Waals surface area contributed by atoms with Gasteiger partial charge in [0.2, 0.25) is 0 Å². The molecule has 0 aliphatic heterocycles.